The summed E-state index contributed by atoms with van der Waals surface area (Å²) in [5.74, 6) is -1.29. The van der Waals surface area contributed by atoms with Crippen molar-refractivity contribution in [3.05, 3.63) is 71.8 Å². The third-order valence-electron chi connectivity index (χ3n) is 6.83. The van der Waals surface area contributed by atoms with Gasteiger partial charge in [0.15, 0.2) is 0 Å². The summed E-state index contributed by atoms with van der Waals surface area (Å²) in [5, 5.41) is 14.9. The molecule has 184 valence electrons. The van der Waals surface area contributed by atoms with Gasteiger partial charge in [-0.05, 0) is 47.4 Å². The van der Waals surface area contributed by atoms with E-state index in [9.17, 15) is 14.4 Å². The Balaban J connectivity index is 1.18. The lowest BCUT2D eigenvalue weighted by atomic mass is 9.91. The number of rotatable bonds is 9. The molecular weight excluding hydrogens is 444 g/mol. The number of nitrogens with one attached hydrogen (secondary N) is 2. The first kappa shape index (κ1) is 24.5. The Labute approximate surface area is 205 Å². The van der Waals surface area contributed by atoms with Crippen LogP contribution in [-0.2, 0) is 14.3 Å². The molecule has 0 bridgehead atoms. The predicted molar refractivity (Wildman–Crippen MR) is 133 cm³/mol. The van der Waals surface area contributed by atoms with Gasteiger partial charge in [-0.2, -0.15) is 0 Å². The SMILES string of the molecule is CC(CCC(=O)N[C@@H]1C=CC[C@@H](C(=O)O)C1)CNC(=O)OCC1c2ccccc2-c2ccccc21. The lowest BCUT2D eigenvalue weighted by molar-refractivity contribution is -0.142. The minimum Gasteiger partial charge on any atom is -0.481 e. The Morgan fingerprint density at radius 2 is 1.71 bits per heavy atom. The van der Waals surface area contributed by atoms with E-state index in [0.29, 0.717) is 32.2 Å². The quantitative estimate of drug-likeness (QED) is 0.463. The molecule has 0 spiro atoms. The van der Waals surface area contributed by atoms with Crippen LogP contribution in [0.5, 0.6) is 0 Å². The van der Waals surface area contributed by atoms with Crippen molar-refractivity contribution in [3.63, 3.8) is 0 Å². The maximum absolute atomic E-state index is 12.3. The second-order valence-corrected chi connectivity index (χ2v) is 9.46. The van der Waals surface area contributed by atoms with Crippen LogP contribution in [-0.4, -0.2) is 42.3 Å². The molecule has 0 aromatic heterocycles. The largest absolute Gasteiger partial charge is 0.481 e. The summed E-state index contributed by atoms with van der Waals surface area (Å²) in [7, 11) is 0. The topological polar surface area (TPSA) is 105 Å². The number of ether oxygens (including phenoxy) is 1. The lowest BCUT2D eigenvalue weighted by Crippen LogP contribution is -2.38. The number of aliphatic carboxylic acids is 1. The van der Waals surface area contributed by atoms with E-state index in [2.05, 4.69) is 34.9 Å². The van der Waals surface area contributed by atoms with Gasteiger partial charge in [0.2, 0.25) is 5.91 Å². The van der Waals surface area contributed by atoms with Gasteiger partial charge < -0.3 is 20.5 Å². The van der Waals surface area contributed by atoms with E-state index in [1.54, 1.807) is 0 Å². The van der Waals surface area contributed by atoms with Gasteiger partial charge in [0.25, 0.3) is 0 Å². The molecule has 2 amide bonds. The molecule has 0 saturated carbocycles. The zero-order chi connectivity index (χ0) is 24.8. The fourth-order valence-corrected chi connectivity index (χ4v) is 4.86. The third-order valence-corrected chi connectivity index (χ3v) is 6.83. The Kier molecular flexibility index (Phi) is 7.85. The lowest BCUT2D eigenvalue weighted by Gasteiger charge is -2.23. The number of carboxylic acid groups (broad SMARTS) is 1. The second-order valence-electron chi connectivity index (χ2n) is 9.46. The number of alkyl carbamates (subject to hydrolysis) is 1. The van der Waals surface area contributed by atoms with Crippen molar-refractivity contribution in [3.8, 4) is 11.1 Å². The van der Waals surface area contributed by atoms with Crippen molar-refractivity contribution in [1.82, 2.24) is 10.6 Å². The average Bonchev–Trinajstić information content (AvgIpc) is 3.19. The highest BCUT2D eigenvalue weighted by Gasteiger charge is 2.29. The fourth-order valence-electron chi connectivity index (χ4n) is 4.86. The molecular formula is C28H32N2O5. The Morgan fingerprint density at radius 3 is 2.37 bits per heavy atom. The van der Waals surface area contributed by atoms with E-state index in [1.165, 1.54) is 22.3 Å². The number of carbonyl (C=O) groups excluding carboxylic acids is 2. The van der Waals surface area contributed by atoms with Crippen LogP contribution in [0.15, 0.2) is 60.7 Å². The zero-order valence-corrected chi connectivity index (χ0v) is 19.9. The molecule has 2 aliphatic carbocycles. The van der Waals surface area contributed by atoms with Crippen LogP contribution in [0.2, 0.25) is 0 Å². The summed E-state index contributed by atoms with van der Waals surface area (Å²) in [6.07, 6.45) is 5.05. The molecule has 4 rings (SSSR count). The van der Waals surface area contributed by atoms with Gasteiger partial charge in [-0.1, -0.05) is 67.6 Å². The van der Waals surface area contributed by atoms with Gasteiger partial charge >= 0.3 is 12.1 Å². The first-order valence-corrected chi connectivity index (χ1v) is 12.2. The van der Waals surface area contributed by atoms with E-state index >= 15 is 0 Å². The number of amides is 2. The van der Waals surface area contributed by atoms with Crippen LogP contribution in [0.25, 0.3) is 11.1 Å². The van der Waals surface area contributed by atoms with Crippen molar-refractivity contribution in [2.45, 2.75) is 44.6 Å². The van der Waals surface area contributed by atoms with Gasteiger partial charge in [-0.25, -0.2) is 4.79 Å². The van der Waals surface area contributed by atoms with Crippen LogP contribution in [0.3, 0.4) is 0 Å². The molecule has 3 atom stereocenters. The molecule has 0 heterocycles. The number of fused-ring (bicyclic) bond motifs is 3. The third kappa shape index (κ3) is 6.10. The Hall–Kier alpha value is -3.61. The second kappa shape index (κ2) is 11.2. The van der Waals surface area contributed by atoms with E-state index in [0.717, 1.165) is 0 Å². The van der Waals surface area contributed by atoms with Crippen molar-refractivity contribution < 1.29 is 24.2 Å². The molecule has 0 aliphatic heterocycles. The van der Waals surface area contributed by atoms with E-state index in [-0.39, 0.29) is 30.4 Å². The zero-order valence-electron chi connectivity index (χ0n) is 19.9. The molecule has 1 unspecified atom stereocenters. The molecule has 7 heteroatoms. The summed E-state index contributed by atoms with van der Waals surface area (Å²) < 4.78 is 5.56. The van der Waals surface area contributed by atoms with Crippen LogP contribution in [0.1, 0.15) is 49.7 Å². The van der Waals surface area contributed by atoms with Crippen LogP contribution in [0, 0.1) is 11.8 Å². The van der Waals surface area contributed by atoms with E-state index in [1.807, 2.05) is 43.3 Å². The minimum absolute atomic E-state index is 0.0174. The number of hydrogen-bond donors (Lipinski definition) is 3. The average molecular weight is 477 g/mol. The van der Waals surface area contributed by atoms with Gasteiger partial charge in [0, 0.05) is 24.9 Å². The molecule has 0 radical (unpaired) electrons. The molecule has 7 nitrogen and oxygen atoms in total. The molecule has 35 heavy (non-hydrogen) atoms. The van der Waals surface area contributed by atoms with Gasteiger partial charge in [-0.15, -0.1) is 0 Å². The molecule has 0 fully saturated rings. The first-order valence-electron chi connectivity index (χ1n) is 12.2. The predicted octanol–water partition coefficient (Wildman–Crippen LogP) is 4.48. The van der Waals surface area contributed by atoms with Crippen LogP contribution in [0.4, 0.5) is 4.79 Å². The minimum atomic E-state index is -0.832. The number of hydrogen-bond acceptors (Lipinski definition) is 4. The Bertz CT molecular complexity index is 1070. The van der Waals surface area contributed by atoms with Crippen molar-refractivity contribution in [2.75, 3.05) is 13.2 Å². The van der Waals surface area contributed by atoms with Crippen molar-refractivity contribution >= 4 is 18.0 Å². The van der Waals surface area contributed by atoms with Crippen LogP contribution < -0.4 is 10.6 Å². The number of allylic oxidation sites excluding steroid dienone is 1. The Morgan fingerprint density at radius 1 is 1.06 bits per heavy atom. The molecule has 0 saturated heterocycles. The number of carbonyl (C=O) groups is 3. The van der Waals surface area contributed by atoms with Crippen molar-refractivity contribution in [2.24, 2.45) is 11.8 Å². The molecule has 2 aromatic rings. The monoisotopic (exact) mass is 476 g/mol. The first-order chi connectivity index (χ1) is 16.9. The number of carboxylic acids is 1. The summed E-state index contributed by atoms with van der Waals surface area (Å²) in [6.45, 7) is 2.65. The molecule has 3 N–H and O–H groups in total. The highest BCUT2D eigenvalue weighted by atomic mass is 16.5. The van der Waals surface area contributed by atoms with Gasteiger partial charge in [0.1, 0.15) is 6.61 Å². The van der Waals surface area contributed by atoms with E-state index in [4.69, 9.17) is 9.84 Å². The fraction of sp³-hybridized carbons (Fsp3) is 0.393. The normalized spacial score (nSPS) is 19.3. The highest BCUT2D eigenvalue weighted by molar-refractivity contribution is 5.79. The maximum Gasteiger partial charge on any atom is 0.407 e. The van der Waals surface area contributed by atoms with Gasteiger partial charge in [-0.3, -0.25) is 9.59 Å². The maximum atomic E-state index is 12.3. The van der Waals surface area contributed by atoms with E-state index < -0.39 is 18.0 Å². The number of benzene rings is 2. The van der Waals surface area contributed by atoms with Gasteiger partial charge in [0.05, 0.1) is 5.92 Å². The van der Waals surface area contributed by atoms with Crippen molar-refractivity contribution in [1.29, 1.82) is 0 Å². The summed E-state index contributed by atoms with van der Waals surface area (Å²) in [6, 6.07) is 16.2. The highest BCUT2D eigenvalue weighted by Crippen LogP contribution is 2.44. The smallest absolute Gasteiger partial charge is 0.407 e. The summed E-state index contributed by atoms with van der Waals surface area (Å²) >= 11 is 0. The molecule has 2 aliphatic rings. The standard InChI is InChI=1S/C28H32N2O5/c1-18(13-14-26(31)30-20-8-6-7-19(15-20)27(32)33)16-29-28(34)35-17-25-23-11-4-2-9-21(23)22-10-3-5-12-24(22)25/h2-6,8-12,18-20,25H,7,13-17H2,1H3,(H,29,34)(H,30,31)(H,32,33)/t18?,19-,20-/m1/s1. The summed E-state index contributed by atoms with van der Waals surface area (Å²) in [4.78, 5) is 35.8. The summed E-state index contributed by atoms with van der Waals surface area (Å²) in [5.41, 5.74) is 4.71. The van der Waals surface area contributed by atoms with Crippen LogP contribution >= 0.6 is 0 Å². The molecule has 2 aromatic carbocycles.